The molecule has 0 saturated carbocycles. The Bertz CT molecular complexity index is 410. The van der Waals surface area contributed by atoms with Gasteiger partial charge >= 0.3 is 0 Å². The van der Waals surface area contributed by atoms with Crippen LogP contribution in [-0.4, -0.2) is 44.5 Å². The van der Waals surface area contributed by atoms with Crippen LogP contribution in [0.3, 0.4) is 0 Å². The summed E-state index contributed by atoms with van der Waals surface area (Å²) in [5.41, 5.74) is -0.0178. The highest BCUT2D eigenvalue weighted by atomic mass is 19.1. The number of carbonyl (C=O) groups excluding carboxylic acids is 1. The SMILES string of the molecule is CN(C)CCNCC(=O)Nc1ccc(F)cc1F. The fraction of sp³-hybridized carbons (Fsp3) is 0.417. The molecule has 6 heteroatoms. The van der Waals surface area contributed by atoms with Gasteiger partial charge in [0, 0.05) is 19.2 Å². The predicted octanol–water partition coefficient (Wildman–Crippen LogP) is 1.05. The molecule has 2 N–H and O–H groups in total. The molecular weight excluding hydrogens is 240 g/mol. The first-order valence-corrected chi connectivity index (χ1v) is 5.59. The molecule has 4 nitrogen and oxygen atoms in total. The van der Waals surface area contributed by atoms with Crippen molar-refractivity contribution in [2.45, 2.75) is 0 Å². The van der Waals surface area contributed by atoms with Gasteiger partial charge in [-0.3, -0.25) is 4.79 Å². The Balaban J connectivity index is 2.35. The number of hydrogen-bond acceptors (Lipinski definition) is 3. The van der Waals surface area contributed by atoms with Crippen molar-refractivity contribution in [2.24, 2.45) is 0 Å². The zero-order valence-corrected chi connectivity index (χ0v) is 10.5. The molecule has 0 saturated heterocycles. The molecule has 0 aromatic heterocycles. The van der Waals surface area contributed by atoms with Crippen molar-refractivity contribution in [2.75, 3.05) is 39.0 Å². The van der Waals surface area contributed by atoms with E-state index in [2.05, 4.69) is 10.6 Å². The van der Waals surface area contributed by atoms with Crippen molar-refractivity contribution < 1.29 is 13.6 Å². The van der Waals surface area contributed by atoms with Gasteiger partial charge in [-0.2, -0.15) is 0 Å². The lowest BCUT2D eigenvalue weighted by atomic mass is 10.3. The molecule has 0 atom stereocenters. The summed E-state index contributed by atoms with van der Waals surface area (Å²) < 4.78 is 25.9. The van der Waals surface area contributed by atoms with Gasteiger partial charge in [0.15, 0.2) is 0 Å². The van der Waals surface area contributed by atoms with Crippen LogP contribution in [0.1, 0.15) is 0 Å². The summed E-state index contributed by atoms with van der Waals surface area (Å²) in [6.45, 7) is 1.55. The molecule has 0 heterocycles. The number of nitrogens with zero attached hydrogens (tertiary/aromatic N) is 1. The monoisotopic (exact) mass is 257 g/mol. The van der Waals surface area contributed by atoms with Crippen LogP contribution in [-0.2, 0) is 4.79 Å². The van der Waals surface area contributed by atoms with E-state index in [1.807, 2.05) is 19.0 Å². The van der Waals surface area contributed by atoms with Crippen LogP contribution < -0.4 is 10.6 Å². The largest absolute Gasteiger partial charge is 0.322 e. The van der Waals surface area contributed by atoms with Gasteiger partial charge in [0.1, 0.15) is 11.6 Å². The van der Waals surface area contributed by atoms with Gasteiger partial charge in [-0.05, 0) is 26.2 Å². The second-order valence-corrected chi connectivity index (χ2v) is 4.15. The minimum Gasteiger partial charge on any atom is -0.322 e. The number of carbonyl (C=O) groups is 1. The van der Waals surface area contributed by atoms with Crippen LogP contribution in [0, 0.1) is 11.6 Å². The van der Waals surface area contributed by atoms with Crippen molar-refractivity contribution in [3.8, 4) is 0 Å². The van der Waals surface area contributed by atoms with Crippen LogP contribution in [0.5, 0.6) is 0 Å². The van der Waals surface area contributed by atoms with Gasteiger partial charge in [-0.25, -0.2) is 8.78 Å². The standard InChI is InChI=1S/C12H17F2N3O/c1-17(2)6-5-15-8-12(18)16-11-4-3-9(13)7-10(11)14/h3-4,7,15H,5-6,8H2,1-2H3,(H,16,18). The first-order valence-electron chi connectivity index (χ1n) is 5.59. The molecule has 0 bridgehead atoms. The van der Waals surface area contributed by atoms with Crippen LogP contribution >= 0.6 is 0 Å². The Morgan fingerprint density at radius 3 is 2.67 bits per heavy atom. The van der Waals surface area contributed by atoms with Crippen LogP contribution in [0.2, 0.25) is 0 Å². The number of hydrogen-bond donors (Lipinski definition) is 2. The average Bonchev–Trinajstić information content (AvgIpc) is 2.28. The molecule has 0 radical (unpaired) electrons. The number of rotatable bonds is 6. The molecule has 18 heavy (non-hydrogen) atoms. The summed E-state index contributed by atoms with van der Waals surface area (Å²) in [7, 11) is 3.85. The summed E-state index contributed by atoms with van der Waals surface area (Å²) in [4.78, 5) is 13.4. The fourth-order valence-electron chi connectivity index (χ4n) is 1.29. The number of anilines is 1. The third-order valence-electron chi connectivity index (χ3n) is 2.23. The summed E-state index contributed by atoms with van der Waals surface area (Å²) in [5, 5.41) is 5.29. The number of nitrogens with one attached hydrogen (secondary N) is 2. The van der Waals surface area contributed by atoms with Crippen molar-refractivity contribution in [1.82, 2.24) is 10.2 Å². The van der Waals surface area contributed by atoms with E-state index in [4.69, 9.17) is 0 Å². The lowest BCUT2D eigenvalue weighted by Gasteiger charge is -2.10. The van der Waals surface area contributed by atoms with Crippen LogP contribution in [0.4, 0.5) is 14.5 Å². The summed E-state index contributed by atoms with van der Waals surface area (Å²) in [6, 6.07) is 3.02. The van der Waals surface area contributed by atoms with Gasteiger partial charge in [-0.15, -0.1) is 0 Å². The quantitative estimate of drug-likeness (QED) is 0.749. The molecular formula is C12H17F2N3O. The maximum atomic E-state index is 13.2. The summed E-state index contributed by atoms with van der Waals surface area (Å²) in [6.07, 6.45) is 0. The van der Waals surface area contributed by atoms with Gasteiger partial charge in [0.05, 0.1) is 12.2 Å². The Morgan fingerprint density at radius 1 is 1.33 bits per heavy atom. The first-order chi connectivity index (χ1) is 8.49. The molecule has 100 valence electrons. The highest BCUT2D eigenvalue weighted by Crippen LogP contribution is 2.14. The van der Waals surface area contributed by atoms with E-state index in [1.165, 1.54) is 6.07 Å². The Hall–Kier alpha value is -1.53. The van der Waals surface area contributed by atoms with Gasteiger partial charge < -0.3 is 15.5 Å². The molecule has 1 amide bonds. The highest BCUT2D eigenvalue weighted by Gasteiger charge is 2.07. The molecule has 0 aliphatic heterocycles. The second kappa shape index (κ2) is 7.03. The smallest absolute Gasteiger partial charge is 0.238 e. The zero-order chi connectivity index (χ0) is 13.5. The molecule has 1 aromatic carbocycles. The second-order valence-electron chi connectivity index (χ2n) is 4.15. The minimum atomic E-state index is -0.781. The van der Waals surface area contributed by atoms with Gasteiger partial charge in [0.2, 0.25) is 5.91 Å². The van der Waals surface area contributed by atoms with E-state index in [0.717, 1.165) is 18.7 Å². The molecule has 0 unspecified atom stereocenters. The fourth-order valence-corrected chi connectivity index (χ4v) is 1.29. The Kier molecular flexibility index (Phi) is 5.67. The molecule has 0 aliphatic rings. The molecule has 0 aliphatic carbocycles. The van der Waals surface area contributed by atoms with E-state index in [0.29, 0.717) is 6.54 Å². The third kappa shape index (κ3) is 5.20. The van der Waals surface area contributed by atoms with E-state index in [-0.39, 0.29) is 18.1 Å². The van der Waals surface area contributed by atoms with Crippen LogP contribution in [0.25, 0.3) is 0 Å². The molecule has 1 aromatic rings. The first kappa shape index (κ1) is 14.5. The van der Waals surface area contributed by atoms with E-state index in [1.54, 1.807) is 0 Å². The Labute approximate surface area is 105 Å². The minimum absolute atomic E-state index is 0.0178. The third-order valence-corrected chi connectivity index (χ3v) is 2.23. The van der Waals surface area contributed by atoms with Gasteiger partial charge in [-0.1, -0.05) is 0 Å². The predicted molar refractivity (Wildman–Crippen MR) is 66.4 cm³/mol. The van der Waals surface area contributed by atoms with E-state index < -0.39 is 11.6 Å². The molecule has 0 fully saturated rings. The topological polar surface area (TPSA) is 44.4 Å². The Morgan fingerprint density at radius 2 is 2.06 bits per heavy atom. The number of halogens is 2. The lowest BCUT2D eigenvalue weighted by molar-refractivity contribution is -0.115. The van der Waals surface area contributed by atoms with Crippen molar-refractivity contribution in [3.05, 3.63) is 29.8 Å². The maximum Gasteiger partial charge on any atom is 0.238 e. The van der Waals surface area contributed by atoms with Crippen LogP contribution in [0.15, 0.2) is 18.2 Å². The molecule has 0 spiro atoms. The number of amides is 1. The summed E-state index contributed by atoms with van der Waals surface area (Å²) in [5.74, 6) is -1.81. The number of likely N-dealkylation sites (N-methyl/N-ethyl adjacent to an activating group) is 1. The van der Waals surface area contributed by atoms with E-state index >= 15 is 0 Å². The zero-order valence-electron chi connectivity index (χ0n) is 10.5. The van der Waals surface area contributed by atoms with E-state index in [9.17, 15) is 13.6 Å². The van der Waals surface area contributed by atoms with Crippen molar-refractivity contribution in [3.63, 3.8) is 0 Å². The lowest BCUT2D eigenvalue weighted by Crippen LogP contribution is -2.33. The molecule has 1 rings (SSSR count). The van der Waals surface area contributed by atoms with Gasteiger partial charge in [0.25, 0.3) is 0 Å². The average molecular weight is 257 g/mol. The van der Waals surface area contributed by atoms with Crippen molar-refractivity contribution in [1.29, 1.82) is 0 Å². The normalized spacial score (nSPS) is 10.7. The summed E-state index contributed by atoms with van der Waals surface area (Å²) >= 11 is 0. The number of benzene rings is 1. The highest BCUT2D eigenvalue weighted by molar-refractivity contribution is 5.92. The van der Waals surface area contributed by atoms with Crippen molar-refractivity contribution >= 4 is 11.6 Å². The maximum absolute atomic E-state index is 13.2.